The molecule has 1 aromatic carbocycles. The lowest BCUT2D eigenvalue weighted by Crippen LogP contribution is -2.47. The van der Waals surface area contributed by atoms with Gasteiger partial charge in [0.05, 0.1) is 4.92 Å². The van der Waals surface area contributed by atoms with Crippen LogP contribution in [0, 0.1) is 10.1 Å². The molecular formula is C19H21N3O5S. The van der Waals surface area contributed by atoms with Gasteiger partial charge in [-0.05, 0) is 25.8 Å². The molecule has 1 unspecified atom stereocenters. The van der Waals surface area contributed by atoms with E-state index in [1.807, 2.05) is 0 Å². The molecule has 1 fully saturated rings. The van der Waals surface area contributed by atoms with Gasteiger partial charge in [0.25, 0.3) is 11.6 Å². The van der Waals surface area contributed by atoms with E-state index in [2.05, 4.69) is 4.98 Å². The van der Waals surface area contributed by atoms with Gasteiger partial charge in [0.1, 0.15) is 5.56 Å². The van der Waals surface area contributed by atoms with E-state index in [0.717, 1.165) is 32.1 Å². The van der Waals surface area contributed by atoms with Crippen molar-refractivity contribution < 1.29 is 19.2 Å². The SMILES string of the molecule is CC(OC(=O)c1ccccc1[N+](=O)[O-])C(=O)N(c1nccs1)C1CCCCC1. The number of benzene rings is 1. The molecule has 0 saturated heterocycles. The van der Waals surface area contributed by atoms with Gasteiger partial charge in [-0.25, -0.2) is 9.78 Å². The summed E-state index contributed by atoms with van der Waals surface area (Å²) in [6, 6.07) is 5.54. The van der Waals surface area contributed by atoms with Crippen LogP contribution in [0.4, 0.5) is 10.8 Å². The van der Waals surface area contributed by atoms with E-state index in [0.29, 0.717) is 5.13 Å². The maximum atomic E-state index is 13.1. The third kappa shape index (κ3) is 4.36. The Labute approximate surface area is 166 Å². The average molecular weight is 403 g/mol. The molecule has 1 aliphatic rings. The van der Waals surface area contributed by atoms with Crippen LogP contribution in [0.3, 0.4) is 0 Å². The lowest BCUT2D eigenvalue weighted by atomic mass is 9.94. The van der Waals surface area contributed by atoms with Gasteiger partial charge in [0.2, 0.25) is 0 Å². The zero-order valence-corrected chi connectivity index (χ0v) is 16.3. The number of ether oxygens (including phenoxy) is 1. The summed E-state index contributed by atoms with van der Waals surface area (Å²) < 4.78 is 5.30. The van der Waals surface area contributed by atoms with Crippen molar-refractivity contribution in [2.45, 2.75) is 51.2 Å². The van der Waals surface area contributed by atoms with Gasteiger partial charge < -0.3 is 4.74 Å². The van der Waals surface area contributed by atoms with Crippen molar-refractivity contribution in [1.82, 2.24) is 4.98 Å². The van der Waals surface area contributed by atoms with Gasteiger partial charge in [-0.1, -0.05) is 31.4 Å². The Hall–Kier alpha value is -2.81. The van der Waals surface area contributed by atoms with E-state index in [4.69, 9.17) is 4.74 Å². The van der Waals surface area contributed by atoms with Crippen LogP contribution >= 0.6 is 11.3 Å². The van der Waals surface area contributed by atoms with Crippen molar-refractivity contribution in [1.29, 1.82) is 0 Å². The number of esters is 1. The lowest BCUT2D eigenvalue weighted by molar-refractivity contribution is -0.385. The van der Waals surface area contributed by atoms with Crippen LogP contribution in [0.5, 0.6) is 0 Å². The summed E-state index contributed by atoms with van der Waals surface area (Å²) in [6.45, 7) is 1.48. The molecule has 3 rings (SSSR count). The smallest absolute Gasteiger partial charge is 0.345 e. The van der Waals surface area contributed by atoms with Gasteiger partial charge in [0, 0.05) is 23.7 Å². The topological polar surface area (TPSA) is 103 Å². The largest absolute Gasteiger partial charge is 0.449 e. The predicted molar refractivity (Wildman–Crippen MR) is 104 cm³/mol. The molecule has 0 aliphatic heterocycles. The minimum Gasteiger partial charge on any atom is -0.449 e. The number of carbonyl (C=O) groups excluding carboxylic acids is 2. The molecule has 1 aliphatic carbocycles. The van der Waals surface area contributed by atoms with Crippen LogP contribution in [0.2, 0.25) is 0 Å². The Morgan fingerprint density at radius 2 is 2.00 bits per heavy atom. The zero-order chi connectivity index (χ0) is 20.1. The number of amides is 1. The Kier molecular flexibility index (Phi) is 6.35. The summed E-state index contributed by atoms with van der Waals surface area (Å²) in [4.78, 5) is 41.9. The molecule has 1 heterocycles. The lowest BCUT2D eigenvalue weighted by Gasteiger charge is -2.33. The fourth-order valence-corrected chi connectivity index (χ4v) is 4.10. The normalized spacial score (nSPS) is 15.6. The molecule has 1 amide bonds. The van der Waals surface area contributed by atoms with Crippen LogP contribution in [0.1, 0.15) is 49.4 Å². The molecule has 1 aromatic heterocycles. The molecule has 1 atom stereocenters. The number of para-hydroxylation sites is 1. The minimum atomic E-state index is -1.09. The Morgan fingerprint density at radius 3 is 2.64 bits per heavy atom. The van der Waals surface area contributed by atoms with Gasteiger partial charge in [0.15, 0.2) is 11.2 Å². The first-order chi connectivity index (χ1) is 13.5. The van der Waals surface area contributed by atoms with E-state index < -0.39 is 17.0 Å². The van der Waals surface area contributed by atoms with Crippen molar-refractivity contribution >= 4 is 34.0 Å². The molecule has 8 nitrogen and oxygen atoms in total. The molecule has 28 heavy (non-hydrogen) atoms. The number of nitrogens with zero attached hydrogens (tertiary/aromatic N) is 3. The summed E-state index contributed by atoms with van der Waals surface area (Å²) in [5.74, 6) is -1.26. The monoisotopic (exact) mass is 403 g/mol. The molecule has 9 heteroatoms. The van der Waals surface area contributed by atoms with Crippen molar-refractivity contribution in [2.75, 3.05) is 4.90 Å². The number of hydrogen-bond donors (Lipinski definition) is 0. The van der Waals surface area contributed by atoms with Crippen molar-refractivity contribution in [3.63, 3.8) is 0 Å². The standard InChI is InChI=1S/C19H21N3O5S/c1-13(27-18(24)15-9-5-6-10-16(15)22(25)26)17(23)21(19-20-11-12-28-19)14-7-3-2-4-8-14/h5-6,9-14H,2-4,7-8H2,1H3. The van der Waals surface area contributed by atoms with E-state index >= 15 is 0 Å². The number of aromatic nitrogens is 1. The van der Waals surface area contributed by atoms with Crippen molar-refractivity contribution in [3.05, 3.63) is 51.5 Å². The van der Waals surface area contributed by atoms with Gasteiger partial charge in [-0.15, -0.1) is 11.3 Å². The first-order valence-electron chi connectivity index (χ1n) is 9.16. The molecular weight excluding hydrogens is 382 g/mol. The first-order valence-corrected chi connectivity index (χ1v) is 10.0. The summed E-state index contributed by atoms with van der Waals surface area (Å²) >= 11 is 1.36. The third-order valence-electron chi connectivity index (χ3n) is 4.75. The van der Waals surface area contributed by atoms with Gasteiger partial charge in [-0.2, -0.15) is 0 Å². The molecule has 148 valence electrons. The summed E-state index contributed by atoms with van der Waals surface area (Å²) in [5.41, 5.74) is -0.526. The zero-order valence-electron chi connectivity index (χ0n) is 15.4. The van der Waals surface area contributed by atoms with Crippen LogP contribution in [0.15, 0.2) is 35.8 Å². The Balaban J connectivity index is 1.78. The van der Waals surface area contributed by atoms with Crippen LogP contribution in [-0.4, -0.2) is 33.9 Å². The predicted octanol–water partition coefficient (Wildman–Crippen LogP) is 3.96. The molecule has 2 aromatic rings. The first kappa shape index (κ1) is 19.9. The molecule has 0 spiro atoms. The van der Waals surface area contributed by atoms with Crippen molar-refractivity contribution in [2.24, 2.45) is 0 Å². The summed E-state index contributed by atoms with van der Waals surface area (Å²) in [7, 11) is 0. The van der Waals surface area contributed by atoms with E-state index in [9.17, 15) is 19.7 Å². The van der Waals surface area contributed by atoms with Crippen LogP contribution < -0.4 is 4.90 Å². The molecule has 0 bridgehead atoms. The second kappa shape index (κ2) is 8.92. The van der Waals surface area contributed by atoms with Crippen molar-refractivity contribution in [3.8, 4) is 0 Å². The number of hydrogen-bond acceptors (Lipinski definition) is 7. The highest BCUT2D eigenvalue weighted by Gasteiger charge is 2.34. The number of nitro groups is 1. The quantitative estimate of drug-likeness (QED) is 0.411. The van der Waals surface area contributed by atoms with E-state index in [1.165, 1.54) is 42.5 Å². The fourth-order valence-electron chi connectivity index (χ4n) is 3.38. The third-order valence-corrected chi connectivity index (χ3v) is 5.53. The van der Waals surface area contributed by atoms with Crippen LogP contribution in [-0.2, 0) is 9.53 Å². The molecule has 1 saturated carbocycles. The highest BCUT2D eigenvalue weighted by atomic mass is 32.1. The second-order valence-corrected chi connectivity index (χ2v) is 7.51. The summed E-state index contributed by atoms with van der Waals surface area (Å²) in [6.07, 6.45) is 5.49. The minimum absolute atomic E-state index is 0.0135. The fraction of sp³-hybridized carbons (Fsp3) is 0.421. The number of anilines is 1. The van der Waals surface area contributed by atoms with E-state index in [-0.39, 0.29) is 23.2 Å². The highest BCUT2D eigenvalue weighted by Crippen LogP contribution is 2.30. The number of thiazole rings is 1. The molecule has 0 radical (unpaired) electrons. The maximum Gasteiger partial charge on any atom is 0.345 e. The summed E-state index contributed by atoms with van der Waals surface area (Å²) in [5, 5.41) is 13.5. The Bertz CT molecular complexity index is 849. The number of rotatable bonds is 6. The number of nitro benzene ring substituents is 1. The van der Waals surface area contributed by atoms with E-state index in [1.54, 1.807) is 16.5 Å². The molecule has 0 N–H and O–H groups in total. The highest BCUT2D eigenvalue weighted by molar-refractivity contribution is 7.13. The number of carbonyl (C=O) groups is 2. The second-order valence-electron chi connectivity index (χ2n) is 6.64. The van der Waals surface area contributed by atoms with Gasteiger partial charge >= 0.3 is 5.97 Å². The van der Waals surface area contributed by atoms with Crippen LogP contribution in [0.25, 0.3) is 0 Å². The Morgan fingerprint density at radius 1 is 1.29 bits per heavy atom. The average Bonchev–Trinajstić information content (AvgIpc) is 3.23. The van der Waals surface area contributed by atoms with Gasteiger partial charge in [-0.3, -0.25) is 19.8 Å². The maximum absolute atomic E-state index is 13.1.